The molecule has 2 heterocycles. The fourth-order valence-electron chi connectivity index (χ4n) is 3.18. The Labute approximate surface area is 114 Å². The third-order valence-corrected chi connectivity index (χ3v) is 4.20. The van der Waals surface area contributed by atoms with E-state index < -0.39 is 0 Å². The van der Waals surface area contributed by atoms with Crippen molar-refractivity contribution in [2.24, 2.45) is 12.5 Å². The van der Waals surface area contributed by atoms with Crippen molar-refractivity contribution in [3.8, 4) is 0 Å². The van der Waals surface area contributed by atoms with Gasteiger partial charge in [-0.05, 0) is 37.7 Å². The van der Waals surface area contributed by atoms with Gasteiger partial charge < -0.3 is 5.32 Å². The van der Waals surface area contributed by atoms with Crippen LogP contribution < -0.4 is 5.32 Å². The Balaban J connectivity index is 1.84. The molecule has 3 rings (SSSR count). The van der Waals surface area contributed by atoms with Crippen LogP contribution in [0.1, 0.15) is 38.8 Å². The summed E-state index contributed by atoms with van der Waals surface area (Å²) in [7, 11) is 1.94. The first-order valence-corrected chi connectivity index (χ1v) is 7.00. The molecule has 0 saturated heterocycles. The lowest BCUT2D eigenvalue weighted by atomic mass is 9.92. The van der Waals surface area contributed by atoms with Crippen LogP contribution in [-0.4, -0.2) is 20.8 Å². The lowest BCUT2D eigenvalue weighted by Gasteiger charge is -2.18. The van der Waals surface area contributed by atoms with E-state index in [9.17, 15) is 0 Å². The summed E-state index contributed by atoms with van der Waals surface area (Å²) in [6.07, 6.45) is 5.70. The van der Waals surface area contributed by atoms with Gasteiger partial charge in [0.15, 0.2) is 5.65 Å². The molecule has 0 bridgehead atoms. The molecule has 0 aromatic carbocycles. The summed E-state index contributed by atoms with van der Waals surface area (Å²) >= 11 is 0. The van der Waals surface area contributed by atoms with Crippen LogP contribution in [0.4, 0.5) is 5.69 Å². The minimum Gasteiger partial charge on any atom is -0.381 e. The molecule has 1 N–H and O–H groups in total. The summed E-state index contributed by atoms with van der Waals surface area (Å²) in [5, 5.41) is 9.18. The van der Waals surface area contributed by atoms with Gasteiger partial charge in [-0.25, -0.2) is 4.98 Å². The molecule has 2 aromatic heterocycles. The number of anilines is 1. The molecule has 0 radical (unpaired) electrons. The predicted molar refractivity (Wildman–Crippen MR) is 78.3 cm³/mol. The number of hydrogen-bond acceptors (Lipinski definition) is 3. The number of nitrogens with zero attached hydrogens (tertiary/aromatic N) is 3. The monoisotopic (exact) mass is 258 g/mol. The average molecular weight is 258 g/mol. The van der Waals surface area contributed by atoms with E-state index in [2.05, 4.69) is 35.3 Å². The Morgan fingerprint density at radius 3 is 2.89 bits per heavy atom. The van der Waals surface area contributed by atoms with Crippen LogP contribution >= 0.6 is 0 Å². The molecule has 102 valence electrons. The van der Waals surface area contributed by atoms with Crippen LogP contribution in [0.25, 0.3) is 11.0 Å². The number of aromatic nitrogens is 3. The van der Waals surface area contributed by atoms with E-state index in [1.165, 1.54) is 19.3 Å². The van der Waals surface area contributed by atoms with Crippen molar-refractivity contribution in [3.63, 3.8) is 0 Å². The highest BCUT2D eigenvalue weighted by Gasteiger charge is 2.30. The van der Waals surface area contributed by atoms with E-state index in [1.54, 1.807) is 0 Å². The number of fused-ring (bicyclic) bond motifs is 1. The minimum absolute atomic E-state index is 0.472. The third-order valence-electron chi connectivity index (χ3n) is 4.20. The topological polar surface area (TPSA) is 42.7 Å². The van der Waals surface area contributed by atoms with Crippen LogP contribution in [0.15, 0.2) is 12.3 Å². The van der Waals surface area contributed by atoms with E-state index in [1.807, 2.05) is 24.9 Å². The molecule has 1 unspecified atom stereocenters. The zero-order valence-corrected chi connectivity index (χ0v) is 12.2. The molecule has 0 aliphatic heterocycles. The highest BCUT2D eigenvalue weighted by molar-refractivity contribution is 5.81. The second kappa shape index (κ2) is 4.22. The van der Waals surface area contributed by atoms with Crippen LogP contribution in [0.5, 0.6) is 0 Å². The second-order valence-corrected chi connectivity index (χ2v) is 6.55. The highest BCUT2D eigenvalue weighted by Crippen LogP contribution is 2.38. The Morgan fingerprint density at radius 1 is 1.42 bits per heavy atom. The van der Waals surface area contributed by atoms with Gasteiger partial charge in [0.25, 0.3) is 0 Å². The molecule has 1 fully saturated rings. The maximum absolute atomic E-state index is 4.52. The second-order valence-electron chi connectivity index (χ2n) is 6.55. The molecular weight excluding hydrogens is 236 g/mol. The molecule has 1 aliphatic carbocycles. The maximum atomic E-state index is 4.52. The minimum atomic E-state index is 0.472. The van der Waals surface area contributed by atoms with Gasteiger partial charge >= 0.3 is 0 Å². The summed E-state index contributed by atoms with van der Waals surface area (Å²) in [5.74, 6) is 0. The van der Waals surface area contributed by atoms with Gasteiger partial charge in [0.1, 0.15) is 0 Å². The van der Waals surface area contributed by atoms with E-state index in [-0.39, 0.29) is 0 Å². The smallest absolute Gasteiger partial charge is 0.157 e. The Hall–Kier alpha value is -1.58. The Bertz CT molecular complexity index is 612. The molecule has 0 spiro atoms. The molecule has 2 aromatic rings. The molecule has 1 aliphatic rings. The quantitative estimate of drug-likeness (QED) is 0.899. The molecule has 4 heteroatoms. The van der Waals surface area contributed by atoms with E-state index in [0.29, 0.717) is 11.5 Å². The zero-order valence-electron chi connectivity index (χ0n) is 12.2. The van der Waals surface area contributed by atoms with E-state index >= 15 is 0 Å². The number of aryl methyl sites for hydroxylation is 2. The van der Waals surface area contributed by atoms with Gasteiger partial charge in [-0.15, -0.1) is 0 Å². The summed E-state index contributed by atoms with van der Waals surface area (Å²) in [5.41, 5.74) is 3.58. The SMILES string of the molecule is Cc1nn(C)c2ncc(NC3CCC(C)(C)C3)cc12. The fourth-order valence-corrected chi connectivity index (χ4v) is 3.18. The molecule has 19 heavy (non-hydrogen) atoms. The summed E-state index contributed by atoms with van der Waals surface area (Å²) in [6.45, 7) is 6.73. The van der Waals surface area contributed by atoms with Crippen molar-refractivity contribution in [1.82, 2.24) is 14.8 Å². The highest BCUT2D eigenvalue weighted by atomic mass is 15.3. The van der Waals surface area contributed by atoms with Crippen molar-refractivity contribution >= 4 is 16.7 Å². The molecule has 1 atom stereocenters. The van der Waals surface area contributed by atoms with Gasteiger partial charge in [-0.1, -0.05) is 13.8 Å². The van der Waals surface area contributed by atoms with Gasteiger partial charge in [0, 0.05) is 18.5 Å². The standard InChI is InChI=1S/C15H22N4/c1-10-13-7-12(9-16-14(13)19(4)18-10)17-11-5-6-15(2,3)8-11/h7,9,11,17H,5-6,8H2,1-4H3. The number of hydrogen-bond donors (Lipinski definition) is 1. The molecule has 0 amide bonds. The van der Waals surface area contributed by atoms with Crippen LogP contribution in [0, 0.1) is 12.3 Å². The first kappa shape index (κ1) is 12.5. The van der Waals surface area contributed by atoms with Crippen LogP contribution in [-0.2, 0) is 7.05 Å². The first-order valence-electron chi connectivity index (χ1n) is 7.00. The summed E-state index contributed by atoms with van der Waals surface area (Å²) in [4.78, 5) is 4.52. The lowest BCUT2D eigenvalue weighted by molar-refractivity contribution is 0.378. The van der Waals surface area contributed by atoms with Crippen LogP contribution in [0.2, 0.25) is 0 Å². The predicted octanol–water partition coefficient (Wildman–Crippen LogP) is 3.27. The number of pyridine rings is 1. The first-order chi connectivity index (χ1) is 8.94. The summed E-state index contributed by atoms with van der Waals surface area (Å²) in [6, 6.07) is 2.75. The number of nitrogens with one attached hydrogen (secondary N) is 1. The van der Waals surface area contributed by atoms with Gasteiger partial charge in [-0.2, -0.15) is 5.10 Å². The van der Waals surface area contributed by atoms with E-state index in [4.69, 9.17) is 0 Å². The fraction of sp³-hybridized carbons (Fsp3) is 0.600. The molecule has 4 nitrogen and oxygen atoms in total. The van der Waals surface area contributed by atoms with Crippen molar-refractivity contribution in [2.75, 3.05) is 5.32 Å². The number of rotatable bonds is 2. The Kier molecular flexibility index (Phi) is 2.77. The third kappa shape index (κ3) is 2.31. The average Bonchev–Trinajstić information content (AvgIpc) is 2.81. The maximum Gasteiger partial charge on any atom is 0.157 e. The largest absolute Gasteiger partial charge is 0.381 e. The summed E-state index contributed by atoms with van der Waals surface area (Å²) < 4.78 is 1.84. The van der Waals surface area contributed by atoms with Gasteiger partial charge in [-0.3, -0.25) is 4.68 Å². The lowest BCUT2D eigenvalue weighted by Crippen LogP contribution is -2.17. The molecule has 1 saturated carbocycles. The Morgan fingerprint density at radius 2 is 2.21 bits per heavy atom. The normalized spacial score (nSPS) is 22.0. The zero-order chi connectivity index (χ0) is 13.6. The van der Waals surface area contributed by atoms with Crippen molar-refractivity contribution in [2.45, 2.75) is 46.1 Å². The van der Waals surface area contributed by atoms with Gasteiger partial charge in [0.2, 0.25) is 0 Å². The van der Waals surface area contributed by atoms with Crippen LogP contribution in [0.3, 0.4) is 0 Å². The van der Waals surface area contributed by atoms with Crippen molar-refractivity contribution in [1.29, 1.82) is 0 Å². The van der Waals surface area contributed by atoms with E-state index in [0.717, 1.165) is 22.4 Å². The van der Waals surface area contributed by atoms with Gasteiger partial charge in [0.05, 0.1) is 17.6 Å². The van der Waals surface area contributed by atoms with Crippen molar-refractivity contribution < 1.29 is 0 Å². The molecular formula is C15H22N4. The van der Waals surface area contributed by atoms with Crippen molar-refractivity contribution in [3.05, 3.63) is 18.0 Å².